The van der Waals surface area contributed by atoms with Crippen LogP contribution in [0.25, 0.3) is 0 Å². The molecule has 1 amide bonds. The van der Waals surface area contributed by atoms with Gasteiger partial charge in [-0.25, -0.2) is 4.79 Å². The molecule has 0 unspecified atom stereocenters. The number of halogens is 3. The maximum absolute atomic E-state index is 13.2. The SMILES string of the molecule is CCc1cnnc(C(=O)N[C@@H]2C[C@H]3CC[C@@H](C2)N3S(=O)(=O)N2CCC(N)CC2)c1.O=C(O)C(F)(F)F. The third-order valence-corrected chi connectivity index (χ3v) is 8.83. The molecule has 1 aromatic heterocycles. The van der Waals surface area contributed by atoms with Gasteiger partial charge in [0.05, 0.1) is 6.20 Å². The Labute approximate surface area is 207 Å². The molecule has 2 bridgehead atoms. The molecular formula is C21H31F3N6O5S. The number of fused-ring (bicyclic) bond motifs is 2. The fourth-order valence-corrected chi connectivity index (χ4v) is 6.91. The van der Waals surface area contributed by atoms with Crippen LogP contribution in [0.15, 0.2) is 12.3 Å². The van der Waals surface area contributed by atoms with Crippen LogP contribution in [0.5, 0.6) is 0 Å². The number of aryl methyl sites for hydroxylation is 1. The van der Waals surface area contributed by atoms with E-state index in [1.165, 1.54) is 0 Å². The zero-order valence-corrected chi connectivity index (χ0v) is 20.6. The zero-order valence-electron chi connectivity index (χ0n) is 19.8. The molecule has 11 nitrogen and oxygen atoms in total. The first-order valence-corrected chi connectivity index (χ1v) is 13.2. The molecule has 3 atom stereocenters. The van der Waals surface area contributed by atoms with E-state index in [1.807, 2.05) is 6.92 Å². The van der Waals surface area contributed by atoms with E-state index in [0.717, 1.165) is 24.8 Å². The summed E-state index contributed by atoms with van der Waals surface area (Å²) >= 11 is 0. The molecule has 36 heavy (non-hydrogen) atoms. The Balaban J connectivity index is 0.000000454. The van der Waals surface area contributed by atoms with Gasteiger partial charge in [-0.3, -0.25) is 4.79 Å². The summed E-state index contributed by atoms with van der Waals surface area (Å²) in [5.74, 6) is -2.99. The molecule has 3 aliphatic heterocycles. The number of carbonyl (C=O) groups excluding carboxylic acids is 1. The van der Waals surface area contributed by atoms with Crippen LogP contribution >= 0.6 is 0 Å². The Morgan fingerprint density at radius 3 is 2.22 bits per heavy atom. The standard InChI is InChI=1S/C19H30N6O3S.C2HF3O2/c1-2-13-9-18(23-21-12-13)19(26)22-15-10-16-3-4-17(11-15)25(16)29(27,28)24-7-5-14(20)6-8-24;3-2(4,5)1(6)7/h9,12,14-17H,2-8,10-11,20H2,1H3,(H,22,26);(H,6,7)/t15-,16-,17+;. The summed E-state index contributed by atoms with van der Waals surface area (Å²) in [6.07, 6.45) is 1.73. The van der Waals surface area contributed by atoms with Gasteiger partial charge in [-0.05, 0) is 56.6 Å². The number of piperidine rings is 2. The molecule has 3 aliphatic rings. The molecule has 0 aliphatic carbocycles. The van der Waals surface area contributed by atoms with E-state index in [-0.39, 0.29) is 30.1 Å². The number of carbonyl (C=O) groups is 2. The van der Waals surface area contributed by atoms with Crippen molar-refractivity contribution in [2.75, 3.05) is 13.1 Å². The molecule has 1 aromatic rings. The first kappa shape index (κ1) is 28.2. The lowest BCUT2D eigenvalue weighted by molar-refractivity contribution is -0.192. The van der Waals surface area contributed by atoms with Crippen LogP contribution in [0.3, 0.4) is 0 Å². The van der Waals surface area contributed by atoms with E-state index >= 15 is 0 Å². The van der Waals surface area contributed by atoms with E-state index in [9.17, 15) is 26.4 Å². The number of nitrogens with zero attached hydrogens (tertiary/aromatic N) is 4. The summed E-state index contributed by atoms with van der Waals surface area (Å²) in [5, 5.41) is 18.0. The number of amides is 1. The van der Waals surface area contributed by atoms with Gasteiger partial charge in [-0.1, -0.05) is 6.92 Å². The summed E-state index contributed by atoms with van der Waals surface area (Å²) in [7, 11) is -3.48. The number of hydrogen-bond donors (Lipinski definition) is 3. The molecular weight excluding hydrogens is 505 g/mol. The van der Waals surface area contributed by atoms with Crippen molar-refractivity contribution in [3.8, 4) is 0 Å². The molecule has 4 heterocycles. The molecule has 0 aromatic carbocycles. The van der Waals surface area contributed by atoms with Crippen molar-refractivity contribution in [2.24, 2.45) is 5.73 Å². The maximum atomic E-state index is 13.2. The van der Waals surface area contributed by atoms with Gasteiger partial charge in [0, 0.05) is 37.3 Å². The zero-order chi connectivity index (χ0) is 26.7. The molecule has 0 radical (unpaired) electrons. The molecule has 202 valence electrons. The normalized spacial score (nSPS) is 25.6. The number of rotatable bonds is 5. The van der Waals surface area contributed by atoms with Crippen LogP contribution in [0, 0.1) is 0 Å². The second-order valence-corrected chi connectivity index (χ2v) is 11.0. The Morgan fingerprint density at radius 2 is 1.72 bits per heavy atom. The average Bonchev–Trinajstić information content (AvgIpc) is 3.11. The minimum atomic E-state index is -5.08. The number of nitrogens with one attached hydrogen (secondary N) is 1. The van der Waals surface area contributed by atoms with Gasteiger partial charge >= 0.3 is 12.1 Å². The predicted octanol–water partition coefficient (Wildman–Crippen LogP) is 1.07. The van der Waals surface area contributed by atoms with Crippen molar-refractivity contribution in [3.05, 3.63) is 23.5 Å². The highest BCUT2D eigenvalue weighted by Crippen LogP contribution is 2.39. The van der Waals surface area contributed by atoms with Gasteiger partial charge < -0.3 is 16.2 Å². The second-order valence-electron chi connectivity index (χ2n) is 9.21. The molecule has 15 heteroatoms. The third kappa shape index (κ3) is 6.69. The maximum Gasteiger partial charge on any atom is 0.490 e. The monoisotopic (exact) mass is 536 g/mol. The summed E-state index contributed by atoms with van der Waals surface area (Å²) in [6, 6.07) is 1.68. The Kier molecular flexibility index (Phi) is 8.90. The molecule has 3 saturated heterocycles. The number of alkyl halides is 3. The quantitative estimate of drug-likeness (QED) is 0.504. The van der Waals surface area contributed by atoms with Crippen LogP contribution in [-0.4, -0.2) is 87.6 Å². The van der Waals surface area contributed by atoms with E-state index in [1.54, 1.807) is 20.9 Å². The van der Waals surface area contributed by atoms with Gasteiger partial charge in [-0.2, -0.15) is 35.3 Å². The minimum Gasteiger partial charge on any atom is -0.475 e. The van der Waals surface area contributed by atoms with E-state index < -0.39 is 22.4 Å². The Bertz CT molecular complexity index is 1030. The van der Waals surface area contributed by atoms with E-state index in [2.05, 4.69) is 15.5 Å². The number of aliphatic carboxylic acids is 1. The average molecular weight is 537 g/mol. The highest BCUT2D eigenvalue weighted by molar-refractivity contribution is 7.86. The number of nitrogens with two attached hydrogens (primary N) is 1. The van der Waals surface area contributed by atoms with Gasteiger partial charge in [-0.15, -0.1) is 5.10 Å². The van der Waals surface area contributed by atoms with Crippen LogP contribution in [0.1, 0.15) is 61.5 Å². The van der Waals surface area contributed by atoms with Gasteiger partial charge in [0.25, 0.3) is 16.1 Å². The summed E-state index contributed by atoms with van der Waals surface area (Å²) in [6.45, 7) is 2.99. The Morgan fingerprint density at radius 1 is 1.17 bits per heavy atom. The first-order chi connectivity index (χ1) is 16.8. The number of aromatic nitrogens is 2. The topological polar surface area (TPSA) is 159 Å². The molecule has 0 saturated carbocycles. The molecule has 3 fully saturated rings. The van der Waals surface area contributed by atoms with Crippen LogP contribution in [-0.2, 0) is 21.4 Å². The lowest BCUT2D eigenvalue weighted by Crippen LogP contribution is -2.57. The predicted molar refractivity (Wildman–Crippen MR) is 122 cm³/mol. The third-order valence-electron chi connectivity index (χ3n) is 6.69. The second kappa shape index (κ2) is 11.4. The highest BCUT2D eigenvalue weighted by atomic mass is 32.2. The van der Waals surface area contributed by atoms with Crippen molar-refractivity contribution < 1.29 is 36.3 Å². The van der Waals surface area contributed by atoms with E-state index in [0.29, 0.717) is 44.5 Å². The fraction of sp³-hybridized carbons (Fsp3) is 0.714. The number of hydrogen-bond acceptors (Lipinski definition) is 7. The lowest BCUT2D eigenvalue weighted by atomic mass is 9.99. The fourth-order valence-electron chi connectivity index (χ4n) is 4.84. The summed E-state index contributed by atoms with van der Waals surface area (Å²) < 4.78 is 61.5. The van der Waals surface area contributed by atoms with Gasteiger partial charge in [0.2, 0.25) is 0 Å². The van der Waals surface area contributed by atoms with Crippen molar-refractivity contribution in [1.29, 1.82) is 0 Å². The van der Waals surface area contributed by atoms with Crippen molar-refractivity contribution in [2.45, 2.75) is 82.2 Å². The Hall–Kier alpha value is -2.36. The molecule has 4 N–H and O–H groups in total. The van der Waals surface area contributed by atoms with E-state index in [4.69, 9.17) is 15.6 Å². The number of carboxylic acids is 1. The minimum absolute atomic E-state index is 0.0479. The largest absolute Gasteiger partial charge is 0.490 e. The lowest BCUT2D eigenvalue weighted by Gasteiger charge is -2.41. The van der Waals surface area contributed by atoms with Gasteiger partial charge in [0.1, 0.15) is 0 Å². The van der Waals surface area contributed by atoms with Crippen molar-refractivity contribution in [3.63, 3.8) is 0 Å². The highest BCUT2D eigenvalue weighted by Gasteiger charge is 2.49. The smallest absolute Gasteiger partial charge is 0.475 e. The molecule has 4 rings (SSSR count). The van der Waals surface area contributed by atoms with Gasteiger partial charge in [0.15, 0.2) is 5.69 Å². The van der Waals surface area contributed by atoms with Crippen LogP contribution in [0.4, 0.5) is 13.2 Å². The first-order valence-electron chi connectivity index (χ1n) is 11.8. The summed E-state index contributed by atoms with van der Waals surface area (Å²) in [5.41, 5.74) is 7.21. The van der Waals surface area contributed by atoms with Crippen LogP contribution in [0.2, 0.25) is 0 Å². The number of carboxylic acid groups (broad SMARTS) is 1. The van der Waals surface area contributed by atoms with Crippen molar-refractivity contribution >= 4 is 22.1 Å². The van der Waals surface area contributed by atoms with Crippen LogP contribution < -0.4 is 11.1 Å². The molecule has 0 spiro atoms. The van der Waals surface area contributed by atoms with Crippen molar-refractivity contribution in [1.82, 2.24) is 24.1 Å². The summed E-state index contributed by atoms with van der Waals surface area (Å²) in [4.78, 5) is 21.5.